The molecule has 0 aromatic carbocycles. The molecule has 0 rings (SSSR count). The molecular weight excluding hydrogens is 544 g/mol. The molecule has 0 aliphatic carbocycles. The van der Waals surface area contributed by atoms with Crippen LogP contribution < -0.4 is 0 Å². The van der Waals surface area contributed by atoms with E-state index in [-0.39, 0.29) is 51.0 Å². The van der Waals surface area contributed by atoms with Gasteiger partial charge in [0.15, 0.2) is 0 Å². The van der Waals surface area contributed by atoms with E-state index < -0.39 is 20.8 Å². The smallest absolute Gasteiger partial charge is 0.726 e. The van der Waals surface area contributed by atoms with E-state index in [0.717, 1.165) is 25.7 Å². The van der Waals surface area contributed by atoms with Crippen LogP contribution >= 0.6 is 0 Å². The first-order valence-corrected chi connectivity index (χ1v) is 17.0. The maximum absolute atomic E-state index is 10.1. The molecule has 0 fully saturated rings. The molecule has 11 heteroatoms. The Hall–Kier alpha value is 1.000. The Balaban J connectivity index is -0.000000608. The van der Waals surface area contributed by atoms with Crippen LogP contribution in [0.25, 0.3) is 0 Å². The van der Waals surface area contributed by atoms with Crippen molar-refractivity contribution < 1.29 is 34.3 Å². The minimum absolute atomic E-state index is 0. The summed E-state index contributed by atoms with van der Waals surface area (Å²) in [6, 6.07) is 0. The van der Waals surface area contributed by atoms with E-state index in [9.17, 15) is 25.9 Å². The minimum Gasteiger partial charge on any atom is -0.726 e. The Morgan fingerprint density at radius 3 is 0.784 bits per heavy atom. The largest absolute Gasteiger partial charge is 2.00 e. The van der Waals surface area contributed by atoms with Gasteiger partial charge >= 0.3 is 37.7 Å². The average Bonchev–Trinajstić information content (AvgIpc) is 2.79. The van der Waals surface area contributed by atoms with Crippen molar-refractivity contribution in [2.45, 2.75) is 155 Å². The first kappa shape index (κ1) is 42.5. The minimum atomic E-state index is -4.49. The van der Waals surface area contributed by atoms with Crippen molar-refractivity contribution in [3.63, 3.8) is 0 Å². The summed E-state index contributed by atoms with van der Waals surface area (Å²) in [5, 5.41) is 0. The zero-order valence-corrected chi connectivity index (χ0v) is 27.6. The van der Waals surface area contributed by atoms with Crippen molar-refractivity contribution in [2.75, 3.05) is 13.2 Å². The zero-order chi connectivity index (χ0) is 27.4. The molecule has 0 bridgehead atoms. The standard InChI is InChI=1S/2C13H28O4S.Ca/c2*1-2-3-4-5-6-7-8-9-10-11-12-13-17-18(14,15)16;/h2*2-13H2,1H3,(H,14,15,16);/q;;+2/p-2. The van der Waals surface area contributed by atoms with Gasteiger partial charge in [-0.15, -0.1) is 0 Å². The van der Waals surface area contributed by atoms with Crippen LogP contribution in [0.2, 0.25) is 0 Å². The van der Waals surface area contributed by atoms with Crippen molar-refractivity contribution >= 4 is 58.5 Å². The summed E-state index contributed by atoms with van der Waals surface area (Å²) in [7, 11) is -8.97. The molecule has 220 valence electrons. The summed E-state index contributed by atoms with van der Waals surface area (Å²) in [5.41, 5.74) is 0. The predicted octanol–water partition coefficient (Wildman–Crippen LogP) is 7.17. The molecule has 0 radical (unpaired) electrons. The zero-order valence-electron chi connectivity index (χ0n) is 23.8. The Morgan fingerprint density at radius 1 is 0.405 bits per heavy atom. The van der Waals surface area contributed by atoms with Crippen molar-refractivity contribution in [2.24, 2.45) is 0 Å². The Bertz CT molecular complexity index is 587. The third-order valence-corrected chi connectivity index (χ3v) is 6.86. The van der Waals surface area contributed by atoms with Crippen molar-refractivity contribution in [1.29, 1.82) is 0 Å². The molecule has 0 aromatic rings. The fraction of sp³-hybridized carbons (Fsp3) is 1.00. The molecule has 0 aliphatic rings. The topological polar surface area (TPSA) is 133 Å². The summed E-state index contributed by atoms with van der Waals surface area (Å²) < 4.78 is 69.1. The third kappa shape index (κ3) is 47.2. The van der Waals surface area contributed by atoms with E-state index in [1.54, 1.807) is 0 Å². The van der Waals surface area contributed by atoms with Crippen molar-refractivity contribution in [1.82, 2.24) is 0 Å². The van der Waals surface area contributed by atoms with E-state index in [0.29, 0.717) is 12.8 Å². The van der Waals surface area contributed by atoms with E-state index in [4.69, 9.17) is 0 Å². The molecule has 0 atom stereocenters. The van der Waals surface area contributed by atoms with Gasteiger partial charge in [-0.25, -0.2) is 16.8 Å². The summed E-state index contributed by atoms with van der Waals surface area (Å²) in [6.45, 7) is 4.51. The SMILES string of the molecule is CCCCCCCCCCCCCOS(=O)(=O)[O-].CCCCCCCCCCCCCOS(=O)(=O)[O-].[Ca+2]. The van der Waals surface area contributed by atoms with Gasteiger partial charge in [0.2, 0.25) is 20.8 Å². The Labute approximate surface area is 259 Å². The second-order valence-corrected chi connectivity index (χ2v) is 11.6. The monoisotopic (exact) mass is 598 g/mol. The summed E-state index contributed by atoms with van der Waals surface area (Å²) in [6.07, 6.45) is 26.2. The molecular formula is C26H54CaO8S2. The third-order valence-electron chi connectivity index (χ3n) is 5.95. The van der Waals surface area contributed by atoms with Gasteiger partial charge in [-0.05, 0) is 12.8 Å². The number of hydrogen-bond acceptors (Lipinski definition) is 8. The van der Waals surface area contributed by atoms with Crippen LogP contribution in [0.1, 0.15) is 155 Å². The number of rotatable bonds is 26. The van der Waals surface area contributed by atoms with Crippen LogP contribution in [-0.2, 0) is 29.2 Å². The Morgan fingerprint density at radius 2 is 0.595 bits per heavy atom. The molecule has 37 heavy (non-hydrogen) atoms. The number of unbranched alkanes of at least 4 members (excludes halogenated alkanes) is 20. The van der Waals surface area contributed by atoms with E-state index >= 15 is 0 Å². The molecule has 8 nitrogen and oxygen atoms in total. The molecule has 0 aliphatic heterocycles. The van der Waals surface area contributed by atoms with Gasteiger partial charge < -0.3 is 9.11 Å². The molecule has 0 saturated heterocycles. The predicted molar refractivity (Wildman–Crippen MR) is 150 cm³/mol. The quantitative estimate of drug-likeness (QED) is 0.0443. The average molecular weight is 599 g/mol. The molecule has 0 saturated carbocycles. The van der Waals surface area contributed by atoms with Crippen LogP contribution in [0, 0.1) is 0 Å². The molecule has 0 spiro atoms. The van der Waals surface area contributed by atoms with Crippen LogP contribution in [0.4, 0.5) is 0 Å². The van der Waals surface area contributed by atoms with E-state index in [1.807, 2.05) is 0 Å². The fourth-order valence-corrected chi connectivity index (χ4v) is 4.50. The molecule has 0 amide bonds. The van der Waals surface area contributed by atoms with Gasteiger partial charge in [0.25, 0.3) is 0 Å². The van der Waals surface area contributed by atoms with Gasteiger partial charge in [0.1, 0.15) is 0 Å². The van der Waals surface area contributed by atoms with E-state index in [1.165, 1.54) is 103 Å². The van der Waals surface area contributed by atoms with Gasteiger partial charge in [-0.2, -0.15) is 0 Å². The molecule has 0 N–H and O–H groups in total. The summed E-state index contributed by atoms with van der Waals surface area (Å²) in [4.78, 5) is 0. The van der Waals surface area contributed by atoms with Gasteiger partial charge in [0, 0.05) is 0 Å². The van der Waals surface area contributed by atoms with Gasteiger partial charge in [0.05, 0.1) is 13.2 Å². The maximum Gasteiger partial charge on any atom is 2.00 e. The van der Waals surface area contributed by atoms with Crippen LogP contribution in [0.3, 0.4) is 0 Å². The maximum atomic E-state index is 10.1. The first-order chi connectivity index (χ1) is 17.1. The van der Waals surface area contributed by atoms with Gasteiger partial charge in [-0.1, -0.05) is 142 Å². The Kier molecular flexibility index (Phi) is 36.2. The molecule has 0 unspecified atom stereocenters. The van der Waals surface area contributed by atoms with Gasteiger partial charge in [-0.3, -0.25) is 8.37 Å². The summed E-state index contributed by atoms with van der Waals surface area (Å²) in [5.74, 6) is 0. The van der Waals surface area contributed by atoms with Crippen molar-refractivity contribution in [3.05, 3.63) is 0 Å². The normalized spacial score (nSPS) is 11.6. The van der Waals surface area contributed by atoms with Crippen molar-refractivity contribution in [3.8, 4) is 0 Å². The van der Waals surface area contributed by atoms with E-state index in [2.05, 4.69) is 22.2 Å². The van der Waals surface area contributed by atoms with Crippen LogP contribution in [-0.4, -0.2) is 76.9 Å². The summed E-state index contributed by atoms with van der Waals surface area (Å²) >= 11 is 0. The molecule has 0 heterocycles. The fourth-order valence-electron chi connectivity index (χ4n) is 3.85. The number of hydrogen-bond donors (Lipinski definition) is 0. The van der Waals surface area contributed by atoms with Crippen LogP contribution in [0.15, 0.2) is 0 Å². The van der Waals surface area contributed by atoms with Crippen LogP contribution in [0.5, 0.6) is 0 Å². The second kappa shape index (κ2) is 31.5. The second-order valence-electron chi connectivity index (χ2n) is 9.53. The first-order valence-electron chi connectivity index (χ1n) is 14.3. The molecule has 0 aromatic heterocycles.